The minimum Gasteiger partial charge on any atom is -0.392 e. The number of aliphatic hydroxyl groups excluding tert-OH is 1. The van der Waals surface area contributed by atoms with Gasteiger partial charge in [0.15, 0.2) is 0 Å². The minimum atomic E-state index is -0.389. The van der Waals surface area contributed by atoms with E-state index in [0.717, 1.165) is 41.4 Å². The van der Waals surface area contributed by atoms with Gasteiger partial charge in [0.25, 0.3) is 11.5 Å². The van der Waals surface area contributed by atoms with Crippen molar-refractivity contribution in [3.63, 3.8) is 0 Å². The first kappa shape index (κ1) is 20.4. The van der Waals surface area contributed by atoms with E-state index in [9.17, 15) is 14.7 Å². The Morgan fingerprint density at radius 2 is 2.06 bits per heavy atom. The molecule has 1 aromatic carbocycles. The highest BCUT2D eigenvalue weighted by atomic mass is 16.3. The molecule has 1 amide bonds. The number of hydrogen-bond acceptors (Lipinski definition) is 5. The third-order valence-corrected chi connectivity index (χ3v) is 6.03. The van der Waals surface area contributed by atoms with Crippen LogP contribution >= 0.6 is 0 Å². The van der Waals surface area contributed by atoms with Crippen molar-refractivity contribution < 1.29 is 9.90 Å². The Labute approximate surface area is 184 Å². The lowest BCUT2D eigenvalue weighted by atomic mass is 10.1. The summed E-state index contributed by atoms with van der Waals surface area (Å²) >= 11 is 0. The number of nitrogens with zero attached hydrogens (tertiary/aromatic N) is 2. The van der Waals surface area contributed by atoms with Crippen LogP contribution in [0.25, 0.3) is 16.6 Å². The molecule has 1 fully saturated rings. The Morgan fingerprint density at radius 1 is 1.16 bits per heavy atom. The van der Waals surface area contributed by atoms with Crippen molar-refractivity contribution >= 4 is 22.5 Å². The van der Waals surface area contributed by atoms with Crippen molar-refractivity contribution in [1.82, 2.24) is 25.0 Å². The zero-order chi connectivity index (χ0) is 22.1. The van der Waals surface area contributed by atoms with Crippen LogP contribution in [0.15, 0.2) is 59.5 Å². The number of aromatic amines is 1. The van der Waals surface area contributed by atoms with Crippen LogP contribution in [-0.4, -0.2) is 37.5 Å². The highest BCUT2D eigenvalue weighted by Crippen LogP contribution is 2.21. The first-order valence-electron chi connectivity index (χ1n) is 10.9. The number of pyridine rings is 1. The van der Waals surface area contributed by atoms with Gasteiger partial charge in [-0.2, -0.15) is 0 Å². The van der Waals surface area contributed by atoms with Crippen LogP contribution in [-0.2, 0) is 13.1 Å². The van der Waals surface area contributed by atoms with E-state index in [1.54, 1.807) is 24.4 Å². The van der Waals surface area contributed by atoms with Gasteiger partial charge in [-0.15, -0.1) is 0 Å². The van der Waals surface area contributed by atoms with Gasteiger partial charge in [-0.05, 0) is 54.5 Å². The van der Waals surface area contributed by atoms with Gasteiger partial charge in [-0.25, -0.2) is 4.98 Å². The largest absolute Gasteiger partial charge is 0.392 e. The molecule has 0 saturated heterocycles. The van der Waals surface area contributed by atoms with E-state index in [-0.39, 0.29) is 29.3 Å². The smallest absolute Gasteiger partial charge is 0.270 e. The predicted molar refractivity (Wildman–Crippen MR) is 121 cm³/mol. The molecule has 3 aromatic heterocycles. The van der Waals surface area contributed by atoms with Crippen molar-refractivity contribution in [1.29, 1.82) is 0 Å². The molecule has 32 heavy (non-hydrogen) atoms. The monoisotopic (exact) mass is 431 g/mol. The predicted octanol–water partition coefficient (Wildman–Crippen LogP) is 2.11. The van der Waals surface area contributed by atoms with Crippen molar-refractivity contribution in [2.75, 3.05) is 0 Å². The van der Waals surface area contributed by atoms with E-state index in [2.05, 4.69) is 26.7 Å². The van der Waals surface area contributed by atoms with Crippen LogP contribution in [0, 0.1) is 0 Å². The van der Waals surface area contributed by atoms with Crippen LogP contribution < -0.4 is 16.2 Å². The van der Waals surface area contributed by atoms with E-state index in [1.807, 2.05) is 18.2 Å². The zero-order valence-electron chi connectivity index (χ0n) is 17.5. The lowest BCUT2D eigenvalue weighted by molar-refractivity contribution is 0.0946. The number of fused-ring (bicyclic) bond motifs is 2. The Morgan fingerprint density at radius 3 is 2.91 bits per heavy atom. The minimum absolute atomic E-state index is 0.101. The summed E-state index contributed by atoms with van der Waals surface area (Å²) in [7, 11) is 0. The fraction of sp³-hybridized carbons (Fsp3) is 0.292. The number of aliphatic hydroxyl groups is 1. The Bertz CT molecular complexity index is 1340. The number of H-pyrrole nitrogens is 1. The summed E-state index contributed by atoms with van der Waals surface area (Å²) in [6, 6.07) is 14.7. The number of carbonyl (C=O) groups is 1. The second-order valence-corrected chi connectivity index (χ2v) is 8.29. The number of aromatic nitrogens is 3. The average molecular weight is 431 g/mol. The fourth-order valence-electron chi connectivity index (χ4n) is 4.30. The van der Waals surface area contributed by atoms with Crippen LogP contribution in [0.5, 0.6) is 0 Å². The molecule has 0 spiro atoms. The third kappa shape index (κ3) is 4.15. The number of hydrogen-bond donors (Lipinski definition) is 4. The van der Waals surface area contributed by atoms with Gasteiger partial charge in [0.1, 0.15) is 11.3 Å². The molecule has 0 radical (unpaired) electrons. The van der Waals surface area contributed by atoms with Gasteiger partial charge in [0.05, 0.1) is 6.10 Å². The number of carbonyl (C=O) groups excluding carboxylic acids is 1. The maximum atomic E-state index is 12.6. The van der Waals surface area contributed by atoms with Crippen LogP contribution in [0.3, 0.4) is 0 Å². The summed E-state index contributed by atoms with van der Waals surface area (Å²) in [5.74, 6) is -0.389. The summed E-state index contributed by atoms with van der Waals surface area (Å²) < 4.78 is 1.40. The molecule has 5 rings (SSSR count). The van der Waals surface area contributed by atoms with Gasteiger partial charge in [0, 0.05) is 42.6 Å². The lowest BCUT2D eigenvalue weighted by Gasteiger charge is -2.15. The van der Waals surface area contributed by atoms with Crippen LogP contribution in [0.1, 0.15) is 41.0 Å². The number of rotatable bonds is 6. The maximum Gasteiger partial charge on any atom is 0.270 e. The summed E-state index contributed by atoms with van der Waals surface area (Å²) in [5, 5.41) is 17.3. The summed E-state index contributed by atoms with van der Waals surface area (Å²) in [6.07, 6.45) is 4.29. The highest BCUT2D eigenvalue weighted by Gasteiger charge is 2.24. The molecule has 164 valence electrons. The molecule has 1 saturated carbocycles. The van der Waals surface area contributed by atoms with Gasteiger partial charge < -0.3 is 20.7 Å². The van der Waals surface area contributed by atoms with E-state index in [1.165, 1.54) is 10.5 Å². The SMILES string of the molecule is O=C(NCc1ccc2cc(CN[C@@H]3CCC[C@@H]3O)[nH]c2c1)c1cc(=O)n2ccccc2n1. The van der Waals surface area contributed by atoms with E-state index < -0.39 is 0 Å². The third-order valence-electron chi connectivity index (χ3n) is 6.03. The molecule has 4 aromatic rings. The summed E-state index contributed by atoms with van der Waals surface area (Å²) in [5.41, 5.74) is 3.23. The second-order valence-electron chi connectivity index (χ2n) is 8.29. The maximum absolute atomic E-state index is 12.6. The molecule has 4 N–H and O–H groups in total. The first-order valence-corrected chi connectivity index (χ1v) is 10.9. The van der Waals surface area contributed by atoms with Crippen molar-refractivity contribution in [2.24, 2.45) is 0 Å². The topological polar surface area (TPSA) is 112 Å². The van der Waals surface area contributed by atoms with E-state index in [4.69, 9.17) is 0 Å². The van der Waals surface area contributed by atoms with Gasteiger partial charge in [-0.1, -0.05) is 18.2 Å². The molecule has 1 aliphatic carbocycles. The Kier molecular flexibility index (Phi) is 5.46. The lowest BCUT2D eigenvalue weighted by Crippen LogP contribution is -2.35. The van der Waals surface area contributed by atoms with Crippen molar-refractivity contribution in [3.8, 4) is 0 Å². The molecule has 2 atom stereocenters. The quantitative estimate of drug-likeness (QED) is 0.374. The normalized spacial score (nSPS) is 18.4. The zero-order valence-corrected chi connectivity index (χ0v) is 17.5. The fourth-order valence-corrected chi connectivity index (χ4v) is 4.30. The molecule has 0 aliphatic heterocycles. The Hall–Kier alpha value is -3.49. The molecular formula is C24H25N5O3. The van der Waals surface area contributed by atoms with Crippen LogP contribution in [0.2, 0.25) is 0 Å². The number of nitrogens with one attached hydrogen (secondary N) is 3. The van der Waals surface area contributed by atoms with E-state index >= 15 is 0 Å². The average Bonchev–Trinajstić information content (AvgIpc) is 3.40. The summed E-state index contributed by atoms with van der Waals surface area (Å²) in [6.45, 7) is 0.997. The highest BCUT2D eigenvalue weighted by molar-refractivity contribution is 5.92. The molecular weight excluding hydrogens is 406 g/mol. The van der Waals surface area contributed by atoms with E-state index in [0.29, 0.717) is 18.7 Å². The van der Waals surface area contributed by atoms with Crippen molar-refractivity contribution in [3.05, 3.63) is 82.0 Å². The van der Waals surface area contributed by atoms with Gasteiger partial charge in [-0.3, -0.25) is 14.0 Å². The molecule has 3 heterocycles. The second kappa shape index (κ2) is 8.57. The number of benzene rings is 1. The molecule has 0 unspecified atom stereocenters. The number of amides is 1. The molecule has 0 bridgehead atoms. The first-order chi connectivity index (χ1) is 15.6. The summed E-state index contributed by atoms with van der Waals surface area (Å²) in [4.78, 5) is 32.5. The van der Waals surface area contributed by atoms with Crippen molar-refractivity contribution in [2.45, 2.75) is 44.5 Å². The van der Waals surface area contributed by atoms with Crippen LogP contribution in [0.4, 0.5) is 0 Å². The molecule has 8 nitrogen and oxygen atoms in total. The molecule has 1 aliphatic rings. The van der Waals surface area contributed by atoms with Gasteiger partial charge in [0.2, 0.25) is 0 Å². The Balaban J connectivity index is 1.25. The van der Waals surface area contributed by atoms with Gasteiger partial charge >= 0.3 is 0 Å². The standard InChI is InChI=1S/C24H25N5O3/c30-21-5-3-4-18(21)25-14-17-11-16-8-7-15(10-19(16)27-17)13-26-24(32)20-12-23(31)29-9-2-1-6-22(29)28-20/h1-2,6-12,18,21,25,27,30H,3-5,13-14H2,(H,26,32)/t18-,21+/m1/s1. The molecule has 8 heteroatoms.